The molecule has 0 aliphatic carbocycles. The molecule has 0 unspecified atom stereocenters. The average molecular weight is 265 g/mol. The van der Waals surface area contributed by atoms with Crippen LogP contribution in [0.3, 0.4) is 0 Å². The highest BCUT2D eigenvalue weighted by atomic mass is 16.7. The number of carbonyl (C=O) groups is 1. The normalized spacial score (nSPS) is 13.4. The largest absolute Gasteiger partial charge is 0.465 e. The van der Waals surface area contributed by atoms with E-state index in [9.17, 15) is 4.79 Å². The third-order valence-electron chi connectivity index (χ3n) is 3.17. The zero-order valence-electron chi connectivity index (χ0n) is 11.4. The maximum Gasteiger partial charge on any atom is 0.405 e. The molecule has 1 aliphatic heterocycles. The number of rotatable bonds is 4. The number of carboxylic acid groups (broad SMARTS) is 1. The van der Waals surface area contributed by atoms with Crippen LogP contribution < -0.4 is 14.8 Å². The second-order valence-electron chi connectivity index (χ2n) is 5.28. The third kappa shape index (κ3) is 2.92. The van der Waals surface area contributed by atoms with Crippen molar-refractivity contribution in [2.24, 2.45) is 0 Å². The van der Waals surface area contributed by atoms with E-state index in [1.54, 1.807) is 0 Å². The second-order valence-corrected chi connectivity index (χ2v) is 5.28. The Labute approximate surface area is 112 Å². The van der Waals surface area contributed by atoms with E-state index < -0.39 is 11.6 Å². The predicted octanol–water partition coefficient (Wildman–Crippen LogP) is 2.57. The van der Waals surface area contributed by atoms with Crippen molar-refractivity contribution in [1.29, 1.82) is 0 Å². The minimum absolute atomic E-state index is 0.253. The molecule has 1 aliphatic rings. The van der Waals surface area contributed by atoms with Crippen LogP contribution in [-0.2, 0) is 12.8 Å². The first-order valence-corrected chi connectivity index (χ1v) is 6.34. The Balaban J connectivity index is 2.28. The predicted molar refractivity (Wildman–Crippen MR) is 70.9 cm³/mol. The monoisotopic (exact) mass is 265 g/mol. The Kier molecular flexibility index (Phi) is 3.55. The molecule has 0 radical (unpaired) electrons. The van der Waals surface area contributed by atoms with Crippen molar-refractivity contribution >= 4 is 6.09 Å². The summed E-state index contributed by atoms with van der Waals surface area (Å²) < 4.78 is 10.9. The van der Waals surface area contributed by atoms with Gasteiger partial charge in [-0.2, -0.15) is 0 Å². The zero-order valence-corrected chi connectivity index (χ0v) is 11.4. The van der Waals surface area contributed by atoms with Crippen LogP contribution in [0, 0.1) is 0 Å². The van der Waals surface area contributed by atoms with Gasteiger partial charge in [0.1, 0.15) is 0 Å². The number of hydrogen-bond acceptors (Lipinski definition) is 3. The van der Waals surface area contributed by atoms with Crippen molar-refractivity contribution in [1.82, 2.24) is 5.32 Å². The molecular weight excluding hydrogens is 246 g/mol. The molecule has 1 amide bonds. The van der Waals surface area contributed by atoms with Gasteiger partial charge in [-0.3, -0.25) is 0 Å². The Bertz CT molecular complexity index is 496. The molecule has 0 atom stereocenters. The standard InChI is InChI=1S/C14H19NO4/c1-4-10-9(7-14(2,3)15-13(16)17)5-6-11-12(10)19-8-18-11/h5-6,15H,4,7-8H2,1-3H3,(H,16,17). The molecule has 2 rings (SSSR count). The minimum atomic E-state index is -1.01. The molecule has 2 N–H and O–H groups in total. The summed E-state index contributed by atoms with van der Waals surface area (Å²) in [6.07, 6.45) is 0.424. The van der Waals surface area contributed by atoms with Gasteiger partial charge in [-0.25, -0.2) is 4.79 Å². The van der Waals surface area contributed by atoms with Crippen molar-refractivity contribution in [3.05, 3.63) is 23.3 Å². The second kappa shape index (κ2) is 4.99. The van der Waals surface area contributed by atoms with Gasteiger partial charge in [0, 0.05) is 11.1 Å². The topological polar surface area (TPSA) is 67.8 Å². The molecular formula is C14H19NO4. The number of ether oxygens (including phenoxy) is 2. The van der Waals surface area contributed by atoms with Crippen LogP contribution in [0.25, 0.3) is 0 Å². The van der Waals surface area contributed by atoms with Crippen molar-refractivity contribution in [2.45, 2.75) is 39.2 Å². The van der Waals surface area contributed by atoms with Crippen LogP contribution in [0.4, 0.5) is 4.79 Å². The van der Waals surface area contributed by atoms with E-state index in [-0.39, 0.29) is 6.79 Å². The summed E-state index contributed by atoms with van der Waals surface area (Å²) in [6.45, 7) is 6.04. The highest BCUT2D eigenvalue weighted by Gasteiger charge is 2.25. The van der Waals surface area contributed by atoms with E-state index in [1.165, 1.54) is 0 Å². The molecule has 104 valence electrons. The van der Waals surface area contributed by atoms with Crippen molar-refractivity contribution in [3.63, 3.8) is 0 Å². The summed E-state index contributed by atoms with van der Waals surface area (Å²) in [7, 11) is 0. The molecule has 0 bridgehead atoms. The lowest BCUT2D eigenvalue weighted by molar-refractivity contribution is 0.173. The molecule has 1 aromatic rings. The highest BCUT2D eigenvalue weighted by molar-refractivity contribution is 5.65. The SMILES string of the molecule is CCc1c(CC(C)(C)NC(=O)O)ccc2c1OCO2. The van der Waals surface area contributed by atoms with Crippen LogP contribution in [0.15, 0.2) is 12.1 Å². The molecule has 5 heteroatoms. The number of hydrogen-bond donors (Lipinski definition) is 2. The van der Waals surface area contributed by atoms with E-state index in [0.717, 1.165) is 29.0 Å². The summed E-state index contributed by atoms with van der Waals surface area (Å²) in [4.78, 5) is 10.8. The van der Waals surface area contributed by atoms with Crippen LogP contribution in [-0.4, -0.2) is 23.5 Å². The number of benzene rings is 1. The van der Waals surface area contributed by atoms with Crippen LogP contribution in [0.1, 0.15) is 31.9 Å². The minimum Gasteiger partial charge on any atom is -0.465 e. The highest BCUT2D eigenvalue weighted by Crippen LogP contribution is 2.38. The fraction of sp³-hybridized carbons (Fsp3) is 0.500. The Hall–Kier alpha value is -1.91. The van der Waals surface area contributed by atoms with Gasteiger partial charge in [0.05, 0.1) is 0 Å². The maximum absolute atomic E-state index is 10.8. The summed E-state index contributed by atoms with van der Waals surface area (Å²) in [5, 5.41) is 11.4. The van der Waals surface area contributed by atoms with Gasteiger partial charge in [-0.05, 0) is 38.3 Å². The van der Waals surface area contributed by atoms with Gasteiger partial charge < -0.3 is 19.9 Å². The quantitative estimate of drug-likeness (QED) is 0.878. The van der Waals surface area contributed by atoms with Crippen molar-refractivity contribution < 1.29 is 19.4 Å². The lowest BCUT2D eigenvalue weighted by Crippen LogP contribution is -2.44. The van der Waals surface area contributed by atoms with Crippen LogP contribution in [0.2, 0.25) is 0 Å². The molecule has 0 aromatic heterocycles. The first-order valence-electron chi connectivity index (χ1n) is 6.34. The van der Waals surface area contributed by atoms with E-state index >= 15 is 0 Å². The summed E-state index contributed by atoms with van der Waals surface area (Å²) in [6, 6.07) is 3.87. The van der Waals surface area contributed by atoms with Gasteiger partial charge in [-0.15, -0.1) is 0 Å². The van der Waals surface area contributed by atoms with Gasteiger partial charge >= 0.3 is 6.09 Å². The molecule has 0 saturated heterocycles. The van der Waals surface area contributed by atoms with Gasteiger partial charge in [-0.1, -0.05) is 13.0 Å². The smallest absolute Gasteiger partial charge is 0.405 e. The van der Waals surface area contributed by atoms with Crippen molar-refractivity contribution in [2.75, 3.05) is 6.79 Å². The Morgan fingerprint density at radius 2 is 2.16 bits per heavy atom. The molecule has 1 aromatic carbocycles. The molecule has 5 nitrogen and oxygen atoms in total. The zero-order chi connectivity index (χ0) is 14.0. The molecule has 0 fully saturated rings. The van der Waals surface area contributed by atoms with Crippen LogP contribution in [0.5, 0.6) is 11.5 Å². The summed E-state index contributed by atoms with van der Waals surface area (Å²) in [5.74, 6) is 1.57. The number of amides is 1. The maximum atomic E-state index is 10.8. The van der Waals surface area contributed by atoms with E-state index in [4.69, 9.17) is 14.6 Å². The van der Waals surface area contributed by atoms with E-state index in [0.29, 0.717) is 6.42 Å². The fourth-order valence-corrected chi connectivity index (χ4v) is 2.43. The van der Waals surface area contributed by atoms with E-state index in [1.807, 2.05) is 26.0 Å². The Morgan fingerprint density at radius 3 is 2.79 bits per heavy atom. The molecule has 0 saturated carbocycles. The third-order valence-corrected chi connectivity index (χ3v) is 3.17. The first-order chi connectivity index (χ1) is 8.93. The first kappa shape index (κ1) is 13.5. The van der Waals surface area contributed by atoms with E-state index in [2.05, 4.69) is 12.2 Å². The number of fused-ring (bicyclic) bond motifs is 1. The van der Waals surface area contributed by atoms with Gasteiger partial charge in [0.25, 0.3) is 0 Å². The summed E-state index contributed by atoms with van der Waals surface area (Å²) >= 11 is 0. The molecule has 1 heterocycles. The van der Waals surface area contributed by atoms with Gasteiger partial charge in [0.2, 0.25) is 6.79 Å². The number of nitrogens with one attached hydrogen (secondary N) is 1. The molecule has 0 spiro atoms. The summed E-state index contributed by atoms with van der Waals surface area (Å²) in [5.41, 5.74) is 1.66. The average Bonchev–Trinajstić information content (AvgIpc) is 2.74. The van der Waals surface area contributed by atoms with Gasteiger partial charge in [0.15, 0.2) is 11.5 Å². The lowest BCUT2D eigenvalue weighted by Gasteiger charge is -2.26. The lowest BCUT2D eigenvalue weighted by atomic mass is 9.90. The van der Waals surface area contributed by atoms with Crippen LogP contribution >= 0.6 is 0 Å². The molecule has 19 heavy (non-hydrogen) atoms. The fourth-order valence-electron chi connectivity index (χ4n) is 2.43. The Morgan fingerprint density at radius 1 is 1.42 bits per heavy atom. The van der Waals surface area contributed by atoms with Crippen molar-refractivity contribution in [3.8, 4) is 11.5 Å².